The first kappa shape index (κ1) is 17.3. The van der Waals surface area contributed by atoms with Crippen molar-refractivity contribution >= 4 is 29.0 Å². The third kappa shape index (κ3) is 4.93. The van der Waals surface area contributed by atoms with Crippen LogP contribution in [0.1, 0.15) is 23.7 Å². The Morgan fingerprint density at radius 3 is 2.67 bits per heavy atom. The van der Waals surface area contributed by atoms with E-state index in [9.17, 15) is 14.9 Å². The fraction of sp³-hybridized carbons (Fsp3) is 0.500. The Bertz CT molecular complexity index is 520. The Morgan fingerprint density at radius 1 is 1.48 bits per heavy atom. The monoisotopic (exact) mass is 311 g/mol. The van der Waals surface area contributed by atoms with Gasteiger partial charge in [-0.15, -0.1) is 0 Å². The SMILES string of the molecule is CSCCC(C)Nc1cc(C(=O)N(C)C)ccc1[N+](=O)[O-]. The minimum Gasteiger partial charge on any atom is -0.377 e. The van der Waals surface area contributed by atoms with Crippen molar-refractivity contribution in [3.05, 3.63) is 33.9 Å². The van der Waals surface area contributed by atoms with Crippen molar-refractivity contribution in [1.29, 1.82) is 0 Å². The summed E-state index contributed by atoms with van der Waals surface area (Å²) >= 11 is 1.73. The second-order valence-corrected chi connectivity index (χ2v) is 6.00. The smallest absolute Gasteiger partial charge is 0.292 e. The number of hydrogen-bond acceptors (Lipinski definition) is 5. The van der Waals surface area contributed by atoms with E-state index in [0.29, 0.717) is 11.3 Å². The van der Waals surface area contributed by atoms with E-state index < -0.39 is 4.92 Å². The van der Waals surface area contributed by atoms with E-state index >= 15 is 0 Å². The number of nitrogens with zero attached hydrogens (tertiary/aromatic N) is 2. The highest BCUT2D eigenvalue weighted by molar-refractivity contribution is 7.98. The molecule has 21 heavy (non-hydrogen) atoms. The molecule has 1 unspecified atom stereocenters. The van der Waals surface area contributed by atoms with Gasteiger partial charge >= 0.3 is 0 Å². The van der Waals surface area contributed by atoms with Gasteiger partial charge in [-0.1, -0.05) is 0 Å². The number of nitrogens with one attached hydrogen (secondary N) is 1. The van der Waals surface area contributed by atoms with Crippen LogP contribution in [0.3, 0.4) is 0 Å². The average molecular weight is 311 g/mol. The molecule has 0 aliphatic rings. The Kier molecular flexibility index (Phi) is 6.48. The zero-order chi connectivity index (χ0) is 16.0. The van der Waals surface area contributed by atoms with Crippen molar-refractivity contribution in [2.45, 2.75) is 19.4 Å². The van der Waals surface area contributed by atoms with Crippen LogP contribution in [0.2, 0.25) is 0 Å². The van der Waals surface area contributed by atoms with E-state index in [-0.39, 0.29) is 17.6 Å². The van der Waals surface area contributed by atoms with Gasteiger partial charge in [0.15, 0.2) is 0 Å². The zero-order valence-corrected chi connectivity index (χ0v) is 13.6. The molecule has 1 aromatic rings. The first-order chi connectivity index (χ1) is 9.86. The molecule has 0 fully saturated rings. The number of nitro benzene ring substituents is 1. The number of carbonyl (C=O) groups is 1. The lowest BCUT2D eigenvalue weighted by atomic mass is 10.1. The molecule has 0 spiro atoms. The van der Waals surface area contributed by atoms with Crippen LogP contribution < -0.4 is 5.32 Å². The quantitative estimate of drug-likeness (QED) is 0.619. The molecule has 6 nitrogen and oxygen atoms in total. The van der Waals surface area contributed by atoms with Crippen LogP contribution in [0.4, 0.5) is 11.4 Å². The van der Waals surface area contributed by atoms with E-state index in [1.807, 2.05) is 13.2 Å². The number of benzene rings is 1. The van der Waals surface area contributed by atoms with Crippen LogP contribution >= 0.6 is 11.8 Å². The summed E-state index contributed by atoms with van der Waals surface area (Å²) in [7, 11) is 3.30. The first-order valence-electron chi connectivity index (χ1n) is 6.62. The highest BCUT2D eigenvalue weighted by Gasteiger charge is 2.18. The molecule has 0 aromatic heterocycles. The molecular formula is C14H21N3O3S. The lowest BCUT2D eigenvalue weighted by Crippen LogP contribution is -2.22. The molecule has 1 N–H and O–H groups in total. The topological polar surface area (TPSA) is 75.5 Å². The zero-order valence-electron chi connectivity index (χ0n) is 12.8. The summed E-state index contributed by atoms with van der Waals surface area (Å²) in [5.74, 6) is 0.794. The molecule has 0 aliphatic carbocycles. The molecule has 0 radical (unpaired) electrons. The lowest BCUT2D eigenvalue weighted by molar-refractivity contribution is -0.384. The Labute approximate surface area is 129 Å². The van der Waals surface area contributed by atoms with Gasteiger partial charge in [-0.05, 0) is 37.5 Å². The van der Waals surface area contributed by atoms with Crippen LogP contribution in [0.15, 0.2) is 18.2 Å². The van der Waals surface area contributed by atoms with Gasteiger partial charge in [-0.25, -0.2) is 0 Å². The largest absolute Gasteiger partial charge is 0.377 e. The molecule has 1 aromatic carbocycles. The number of hydrogen-bond donors (Lipinski definition) is 1. The third-order valence-electron chi connectivity index (χ3n) is 3.00. The van der Waals surface area contributed by atoms with E-state index in [0.717, 1.165) is 12.2 Å². The van der Waals surface area contributed by atoms with E-state index in [2.05, 4.69) is 5.32 Å². The van der Waals surface area contributed by atoms with Crippen LogP contribution in [0.5, 0.6) is 0 Å². The summed E-state index contributed by atoms with van der Waals surface area (Å²) < 4.78 is 0. The summed E-state index contributed by atoms with van der Waals surface area (Å²) in [5, 5.41) is 14.2. The molecule has 0 saturated heterocycles. The summed E-state index contributed by atoms with van der Waals surface area (Å²) in [4.78, 5) is 24.1. The Morgan fingerprint density at radius 2 is 2.14 bits per heavy atom. The average Bonchev–Trinajstić information content (AvgIpc) is 2.43. The summed E-state index contributed by atoms with van der Waals surface area (Å²) in [6.45, 7) is 1.97. The number of nitro groups is 1. The number of rotatable bonds is 7. The van der Waals surface area contributed by atoms with E-state index in [1.54, 1.807) is 31.9 Å². The molecule has 7 heteroatoms. The molecule has 0 bridgehead atoms. The third-order valence-corrected chi connectivity index (χ3v) is 3.65. The number of anilines is 1. The standard InChI is InChI=1S/C14H21N3O3S/c1-10(7-8-21-4)15-12-9-11(14(18)16(2)3)5-6-13(12)17(19)20/h5-6,9-10,15H,7-8H2,1-4H3. The molecule has 1 rings (SSSR count). The van der Waals surface area contributed by atoms with Crippen molar-refractivity contribution in [3.63, 3.8) is 0 Å². The van der Waals surface area contributed by atoms with E-state index in [4.69, 9.17) is 0 Å². The molecule has 0 saturated carbocycles. The van der Waals surface area contributed by atoms with Gasteiger partial charge in [-0.2, -0.15) is 11.8 Å². The van der Waals surface area contributed by atoms with Crippen molar-refractivity contribution in [1.82, 2.24) is 4.90 Å². The van der Waals surface area contributed by atoms with Crippen molar-refractivity contribution < 1.29 is 9.72 Å². The predicted molar refractivity (Wildman–Crippen MR) is 87.2 cm³/mol. The molecule has 116 valence electrons. The van der Waals surface area contributed by atoms with Crippen molar-refractivity contribution in [3.8, 4) is 0 Å². The normalized spacial score (nSPS) is 11.8. The summed E-state index contributed by atoms with van der Waals surface area (Å²) in [6, 6.07) is 4.51. The van der Waals surface area contributed by atoms with E-state index in [1.165, 1.54) is 17.0 Å². The predicted octanol–water partition coefficient (Wildman–Crippen LogP) is 2.85. The summed E-state index contributed by atoms with van der Waals surface area (Å²) in [6.07, 6.45) is 2.91. The second kappa shape index (κ2) is 7.87. The van der Waals surface area contributed by atoms with Gasteiger partial charge in [0.2, 0.25) is 0 Å². The second-order valence-electron chi connectivity index (χ2n) is 5.02. The van der Waals surface area contributed by atoms with Crippen LogP contribution in [-0.4, -0.2) is 47.9 Å². The first-order valence-corrected chi connectivity index (χ1v) is 8.01. The van der Waals surface area contributed by atoms with Crippen LogP contribution in [0, 0.1) is 10.1 Å². The lowest BCUT2D eigenvalue weighted by Gasteiger charge is -2.16. The van der Waals surface area contributed by atoms with Crippen LogP contribution in [-0.2, 0) is 0 Å². The molecular weight excluding hydrogens is 290 g/mol. The minimum absolute atomic E-state index is 0.0127. The van der Waals surface area contributed by atoms with Gasteiger partial charge in [0.25, 0.3) is 11.6 Å². The highest BCUT2D eigenvalue weighted by Crippen LogP contribution is 2.27. The Balaban J connectivity index is 3.04. The maximum Gasteiger partial charge on any atom is 0.292 e. The van der Waals surface area contributed by atoms with Gasteiger partial charge in [-0.3, -0.25) is 14.9 Å². The van der Waals surface area contributed by atoms with Crippen molar-refractivity contribution in [2.75, 3.05) is 31.4 Å². The maximum absolute atomic E-state index is 12.0. The maximum atomic E-state index is 12.0. The van der Waals surface area contributed by atoms with Crippen LogP contribution in [0.25, 0.3) is 0 Å². The minimum atomic E-state index is -0.437. The number of carbonyl (C=O) groups excluding carboxylic acids is 1. The fourth-order valence-electron chi connectivity index (χ4n) is 1.83. The fourth-order valence-corrected chi connectivity index (χ4v) is 2.42. The molecule has 1 atom stereocenters. The van der Waals surface area contributed by atoms with Gasteiger partial charge in [0, 0.05) is 31.8 Å². The molecule has 1 amide bonds. The van der Waals surface area contributed by atoms with Gasteiger partial charge in [0.1, 0.15) is 5.69 Å². The van der Waals surface area contributed by atoms with Gasteiger partial charge < -0.3 is 10.2 Å². The number of amides is 1. The Hall–Kier alpha value is -1.76. The van der Waals surface area contributed by atoms with Gasteiger partial charge in [0.05, 0.1) is 4.92 Å². The highest BCUT2D eigenvalue weighted by atomic mass is 32.2. The van der Waals surface area contributed by atoms with Crippen molar-refractivity contribution in [2.24, 2.45) is 0 Å². The summed E-state index contributed by atoms with van der Waals surface area (Å²) in [5.41, 5.74) is 0.813. The molecule has 0 heterocycles. The number of thioether (sulfide) groups is 1. The molecule has 0 aliphatic heterocycles.